The van der Waals surface area contributed by atoms with E-state index in [1.165, 1.54) is 4.31 Å². The molecule has 0 spiro atoms. The van der Waals surface area contributed by atoms with Gasteiger partial charge >= 0.3 is 0 Å². The number of sulfonamides is 1. The number of ketones is 1. The Hall–Kier alpha value is -3.39. The Bertz CT molecular complexity index is 1640. The SMILES string of the molecule is C[C@@H]1CC(Nc2cc(N3CCN(C)CC3)ccc2C(=O)Cc2n[nH]c3c2CN(S(=O)(=O)c2cc(F)cc(F)c2)CC3)C[C@H](C)O1. The van der Waals surface area contributed by atoms with Crippen LogP contribution in [0.1, 0.15) is 54.0 Å². The molecule has 0 amide bonds. The maximum atomic E-state index is 13.9. The summed E-state index contributed by atoms with van der Waals surface area (Å²) in [7, 11) is -2.06. The van der Waals surface area contributed by atoms with Gasteiger partial charge in [0.1, 0.15) is 11.6 Å². The molecule has 2 aromatic carbocycles. The molecule has 3 aromatic rings. The van der Waals surface area contributed by atoms with Gasteiger partial charge in [0.2, 0.25) is 10.0 Å². The van der Waals surface area contributed by atoms with E-state index in [2.05, 4.69) is 52.3 Å². The van der Waals surface area contributed by atoms with Crippen LogP contribution in [0.2, 0.25) is 0 Å². The van der Waals surface area contributed by atoms with Crippen LogP contribution >= 0.6 is 0 Å². The standard InChI is InChI=1S/C32H40F2N6O4S/c1-20-12-24(13-21(2)44-20)35-30-17-25(39-10-8-38(3)9-11-39)4-5-27(30)32(41)18-31-28-19-40(7-6-29(28)36-37-31)45(42,43)26-15-22(33)14-23(34)16-26/h4-5,14-17,20-21,24,35H,6-13,18-19H2,1-3H3,(H,36,37)/t20-,21+,24?. The van der Waals surface area contributed by atoms with E-state index in [-0.39, 0.29) is 43.5 Å². The minimum absolute atomic E-state index is 0.0303. The average molecular weight is 643 g/mol. The van der Waals surface area contributed by atoms with Gasteiger partial charge in [-0.25, -0.2) is 17.2 Å². The Labute approximate surface area is 262 Å². The molecule has 0 bridgehead atoms. The molecule has 1 unspecified atom stereocenters. The first-order valence-corrected chi connectivity index (χ1v) is 16.9. The van der Waals surface area contributed by atoms with Crippen LogP contribution in [0, 0.1) is 11.6 Å². The lowest BCUT2D eigenvalue weighted by Crippen LogP contribution is -2.44. The molecule has 4 heterocycles. The van der Waals surface area contributed by atoms with Crippen LogP contribution in [0.4, 0.5) is 20.2 Å². The topological polar surface area (TPSA) is 111 Å². The highest BCUT2D eigenvalue weighted by Gasteiger charge is 2.33. The van der Waals surface area contributed by atoms with Gasteiger partial charge in [-0.15, -0.1) is 0 Å². The Morgan fingerprint density at radius 1 is 1.02 bits per heavy atom. The summed E-state index contributed by atoms with van der Waals surface area (Å²) in [5.74, 6) is -2.07. The summed E-state index contributed by atoms with van der Waals surface area (Å²) in [6, 6.07) is 8.33. The van der Waals surface area contributed by atoms with Gasteiger partial charge in [-0.2, -0.15) is 9.40 Å². The number of halogens is 2. The largest absolute Gasteiger partial charge is 0.381 e. The first-order chi connectivity index (χ1) is 21.5. The number of benzene rings is 2. The van der Waals surface area contributed by atoms with Gasteiger partial charge in [0.25, 0.3) is 0 Å². The minimum atomic E-state index is -4.18. The third-order valence-electron chi connectivity index (χ3n) is 9.02. The molecule has 0 radical (unpaired) electrons. The highest BCUT2D eigenvalue weighted by atomic mass is 32.2. The van der Waals surface area contributed by atoms with Crippen LogP contribution in [-0.4, -0.2) is 91.6 Å². The van der Waals surface area contributed by atoms with Crippen molar-refractivity contribution in [3.63, 3.8) is 0 Å². The number of rotatable bonds is 8. The van der Waals surface area contributed by atoms with Crippen LogP contribution in [0.25, 0.3) is 0 Å². The predicted octanol–water partition coefficient (Wildman–Crippen LogP) is 3.98. The maximum Gasteiger partial charge on any atom is 0.243 e. The summed E-state index contributed by atoms with van der Waals surface area (Å²) in [6.45, 7) is 7.91. The molecular weight excluding hydrogens is 602 g/mol. The highest BCUT2D eigenvalue weighted by molar-refractivity contribution is 7.89. The molecule has 2 saturated heterocycles. The minimum Gasteiger partial charge on any atom is -0.381 e. The second-order valence-electron chi connectivity index (χ2n) is 12.5. The summed E-state index contributed by atoms with van der Waals surface area (Å²) >= 11 is 0. The van der Waals surface area contributed by atoms with Crippen LogP contribution < -0.4 is 10.2 Å². The summed E-state index contributed by atoms with van der Waals surface area (Å²) in [5.41, 5.74) is 4.20. The third kappa shape index (κ3) is 6.91. The van der Waals surface area contributed by atoms with Crippen molar-refractivity contribution in [2.24, 2.45) is 0 Å². The normalized spacial score (nSPS) is 23.1. The van der Waals surface area contributed by atoms with Crippen molar-refractivity contribution in [2.75, 3.05) is 50.0 Å². The summed E-state index contributed by atoms with van der Waals surface area (Å²) in [5, 5.41) is 11.0. The van der Waals surface area contributed by atoms with E-state index in [1.54, 1.807) is 0 Å². The fourth-order valence-corrected chi connectivity index (χ4v) is 8.11. The Morgan fingerprint density at radius 3 is 2.40 bits per heavy atom. The number of ether oxygens (including phenoxy) is 1. The van der Waals surface area contributed by atoms with E-state index in [1.807, 2.05) is 12.1 Å². The average Bonchev–Trinajstić information content (AvgIpc) is 3.38. The number of aromatic nitrogens is 2. The van der Waals surface area contributed by atoms with Crippen molar-refractivity contribution in [2.45, 2.75) is 69.2 Å². The van der Waals surface area contributed by atoms with E-state index in [0.717, 1.165) is 68.2 Å². The van der Waals surface area contributed by atoms with Crippen molar-refractivity contribution in [1.29, 1.82) is 0 Å². The van der Waals surface area contributed by atoms with Crippen LogP contribution in [-0.2, 0) is 34.1 Å². The van der Waals surface area contributed by atoms with E-state index in [9.17, 15) is 22.0 Å². The molecule has 2 fully saturated rings. The van der Waals surface area contributed by atoms with E-state index < -0.39 is 26.6 Å². The summed E-state index contributed by atoms with van der Waals surface area (Å²) in [6.07, 6.45) is 2.15. The molecule has 10 nitrogen and oxygen atoms in total. The summed E-state index contributed by atoms with van der Waals surface area (Å²) < 4.78 is 61.5. The quantitative estimate of drug-likeness (QED) is 0.355. The van der Waals surface area contributed by atoms with E-state index in [0.29, 0.717) is 29.3 Å². The lowest BCUT2D eigenvalue weighted by atomic mass is 9.96. The number of fused-ring (bicyclic) bond motifs is 1. The van der Waals surface area contributed by atoms with Crippen molar-refractivity contribution >= 4 is 27.2 Å². The van der Waals surface area contributed by atoms with Crippen molar-refractivity contribution < 1.29 is 26.7 Å². The molecule has 3 aliphatic heterocycles. The zero-order valence-electron chi connectivity index (χ0n) is 25.9. The van der Waals surface area contributed by atoms with Gasteiger partial charge < -0.3 is 19.9 Å². The Kier molecular flexibility index (Phi) is 8.97. The second kappa shape index (κ2) is 12.8. The molecule has 3 atom stereocenters. The highest BCUT2D eigenvalue weighted by Crippen LogP contribution is 2.31. The summed E-state index contributed by atoms with van der Waals surface area (Å²) in [4.78, 5) is 18.1. The Morgan fingerprint density at radius 2 is 1.71 bits per heavy atom. The fraction of sp³-hybridized carbons (Fsp3) is 0.500. The van der Waals surface area contributed by atoms with Gasteiger partial charge in [0, 0.05) is 86.0 Å². The van der Waals surface area contributed by atoms with Crippen molar-refractivity contribution in [3.8, 4) is 0 Å². The Balaban J connectivity index is 1.25. The third-order valence-corrected chi connectivity index (χ3v) is 10.8. The molecule has 1 aromatic heterocycles. The van der Waals surface area contributed by atoms with Crippen molar-refractivity contribution in [1.82, 2.24) is 19.4 Å². The molecule has 13 heteroatoms. The van der Waals surface area contributed by atoms with Gasteiger partial charge in [-0.3, -0.25) is 9.89 Å². The number of aromatic amines is 1. The first kappa shape index (κ1) is 31.6. The molecule has 0 saturated carbocycles. The molecule has 6 rings (SSSR count). The number of piperazine rings is 1. The van der Waals surface area contributed by atoms with Gasteiger partial charge in [0.05, 0.1) is 29.2 Å². The molecular formula is C32H40F2N6O4S. The lowest BCUT2D eigenvalue weighted by molar-refractivity contribution is -0.0337. The fourth-order valence-electron chi connectivity index (χ4n) is 6.65. The number of anilines is 2. The lowest BCUT2D eigenvalue weighted by Gasteiger charge is -2.35. The monoisotopic (exact) mass is 642 g/mol. The predicted molar refractivity (Wildman–Crippen MR) is 167 cm³/mol. The number of hydrogen-bond acceptors (Lipinski definition) is 8. The number of carbonyl (C=O) groups is 1. The smallest absolute Gasteiger partial charge is 0.243 e. The van der Waals surface area contributed by atoms with Crippen LogP contribution in [0.15, 0.2) is 41.3 Å². The van der Waals surface area contributed by atoms with Crippen molar-refractivity contribution in [3.05, 3.63) is 70.5 Å². The van der Waals surface area contributed by atoms with Gasteiger partial charge in [-0.05, 0) is 64.1 Å². The molecule has 0 aliphatic carbocycles. The number of nitrogens with zero attached hydrogens (tertiary/aromatic N) is 4. The van der Waals surface area contributed by atoms with Gasteiger partial charge in [-0.1, -0.05) is 0 Å². The molecule has 2 N–H and O–H groups in total. The molecule has 3 aliphatic rings. The van der Waals surface area contributed by atoms with E-state index in [4.69, 9.17) is 4.74 Å². The number of nitrogens with one attached hydrogen (secondary N) is 2. The first-order valence-electron chi connectivity index (χ1n) is 15.5. The van der Waals surface area contributed by atoms with Crippen LogP contribution in [0.3, 0.4) is 0 Å². The number of H-pyrrole nitrogens is 1. The molecule has 242 valence electrons. The number of Topliss-reactive ketones (excluding diaryl/α,β-unsaturated/α-hetero) is 1. The number of carbonyl (C=O) groups excluding carboxylic acids is 1. The van der Waals surface area contributed by atoms with Gasteiger partial charge in [0.15, 0.2) is 5.78 Å². The number of hydrogen-bond donors (Lipinski definition) is 2. The number of likely N-dealkylation sites (N-methyl/N-ethyl adjacent to an activating group) is 1. The zero-order valence-corrected chi connectivity index (χ0v) is 26.7. The molecule has 45 heavy (non-hydrogen) atoms. The van der Waals surface area contributed by atoms with E-state index >= 15 is 0 Å². The zero-order chi connectivity index (χ0) is 31.9. The maximum absolute atomic E-state index is 13.9. The second-order valence-corrected chi connectivity index (χ2v) is 14.4. The van der Waals surface area contributed by atoms with Crippen LogP contribution in [0.5, 0.6) is 0 Å².